The highest BCUT2D eigenvalue weighted by atomic mass is 16.5. The van der Waals surface area contributed by atoms with Crippen molar-refractivity contribution in [3.8, 4) is 0 Å². The molecular weight excluding hydrogens is 436 g/mol. The Morgan fingerprint density at radius 1 is 0.735 bits per heavy atom. The summed E-state index contributed by atoms with van der Waals surface area (Å²) in [7, 11) is 0. The molecule has 3 N–H and O–H groups in total. The number of hydrogen-bond acceptors (Lipinski definition) is 7. The van der Waals surface area contributed by atoms with E-state index in [1.807, 2.05) is 48.5 Å². The Morgan fingerprint density at radius 2 is 1.21 bits per heavy atom. The third-order valence-electron chi connectivity index (χ3n) is 8.25. The van der Waals surface area contributed by atoms with Gasteiger partial charge in [-0.25, -0.2) is 0 Å². The van der Waals surface area contributed by atoms with E-state index in [-0.39, 0.29) is 31.2 Å². The van der Waals surface area contributed by atoms with Crippen molar-refractivity contribution in [2.45, 2.75) is 102 Å². The molecule has 3 atom stereocenters. The maximum atomic E-state index is 13.4. The van der Waals surface area contributed by atoms with E-state index in [4.69, 9.17) is 14.6 Å². The van der Waals surface area contributed by atoms with Crippen LogP contribution in [0, 0.1) is 32.5 Å². The minimum absolute atomic E-state index is 0.0612. The van der Waals surface area contributed by atoms with Gasteiger partial charge in [-0.2, -0.15) is 0 Å². The zero-order chi connectivity index (χ0) is 27.4. The van der Waals surface area contributed by atoms with E-state index in [2.05, 4.69) is 34.6 Å². The van der Waals surface area contributed by atoms with Crippen LogP contribution in [0.3, 0.4) is 0 Å². The highest BCUT2D eigenvalue weighted by Crippen LogP contribution is 2.61. The quantitative estimate of drug-likeness (QED) is 0.350. The molecular formula is C27H52O7. The Labute approximate surface area is 207 Å². The summed E-state index contributed by atoms with van der Waals surface area (Å²) < 4.78 is 10.9. The first-order valence-corrected chi connectivity index (χ1v) is 12.3. The molecule has 34 heavy (non-hydrogen) atoms. The molecule has 3 unspecified atom stereocenters. The van der Waals surface area contributed by atoms with E-state index in [0.29, 0.717) is 12.8 Å². The van der Waals surface area contributed by atoms with Gasteiger partial charge >= 0.3 is 11.9 Å². The van der Waals surface area contributed by atoms with Crippen LogP contribution in [0.2, 0.25) is 0 Å². The number of carbonyl (C=O) groups excluding carboxylic acids is 2. The van der Waals surface area contributed by atoms with E-state index in [9.17, 15) is 19.8 Å². The highest BCUT2D eigenvalue weighted by molar-refractivity contribution is 5.79. The summed E-state index contributed by atoms with van der Waals surface area (Å²) in [4.78, 5) is 26.8. The molecule has 0 spiro atoms. The van der Waals surface area contributed by atoms with Gasteiger partial charge in [0.1, 0.15) is 19.3 Å². The number of ether oxygens (including phenoxy) is 2. The third-order valence-corrected chi connectivity index (χ3v) is 8.25. The van der Waals surface area contributed by atoms with Crippen LogP contribution in [-0.4, -0.2) is 59.8 Å². The summed E-state index contributed by atoms with van der Waals surface area (Å²) in [5.41, 5.74) is -3.67. The maximum absolute atomic E-state index is 13.4. The van der Waals surface area contributed by atoms with Crippen molar-refractivity contribution < 1.29 is 34.4 Å². The van der Waals surface area contributed by atoms with Crippen molar-refractivity contribution in [2.75, 3.05) is 26.4 Å². The predicted octanol–water partition coefficient (Wildman–Crippen LogP) is 4.36. The molecule has 7 nitrogen and oxygen atoms in total. The van der Waals surface area contributed by atoms with Crippen molar-refractivity contribution in [3.05, 3.63) is 0 Å². The highest BCUT2D eigenvalue weighted by Gasteiger charge is 2.60. The fraction of sp³-hybridized carbons (Fsp3) is 0.926. The molecule has 0 aliphatic rings. The predicted molar refractivity (Wildman–Crippen MR) is 134 cm³/mol. The Bertz CT molecular complexity index is 684. The number of hydrogen-bond donors (Lipinski definition) is 3. The summed E-state index contributed by atoms with van der Waals surface area (Å²) in [6.07, 6.45) is -0.161. The van der Waals surface area contributed by atoms with Gasteiger partial charge in [-0.3, -0.25) is 9.59 Å². The van der Waals surface area contributed by atoms with Gasteiger partial charge in [0.05, 0.1) is 24.0 Å². The second-order valence-corrected chi connectivity index (χ2v) is 13.6. The first kappa shape index (κ1) is 32.8. The number of esters is 2. The van der Waals surface area contributed by atoms with Gasteiger partial charge in [0.2, 0.25) is 0 Å². The molecule has 0 aromatic heterocycles. The molecule has 0 radical (unpaired) electrons. The molecule has 0 rings (SSSR count). The van der Waals surface area contributed by atoms with Crippen molar-refractivity contribution in [1.29, 1.82) is 0 Å². The van der Waals surface area contributed by atoms with Crippen molar-refractivity contribution in [1.82, 2.24) is 0 Å². The summed E-state index contributed by atoms with van der Waals surface area (Å²) in [5, 5.41) is 28.0. The molecule has 0 bridgehead atoms. The smallest absolute Gasteiger partial charge is 0.312 e. The number of aliphatic hydroxyl groups excluding tert-OH is 3. The van der Waals surface area contributed by atoms with Gasteiger partial charge in [-0.1, -0.05) is 69.2 Å². The van der Waals surface area contributed by atoms with Crippen LogP contribution in [0.4, 0.5) is 0 Å². The minimum atomic E-state index is -1.13. The lowest BCUT2D eigenvalue weighted by Crippen LogP contribution is -2.56. The minimum Gasteiger partial charge on any atom is -0.463 e. The van der Waals surface area contributed by atoms with E-state index in [1.54, 1.807) is 0 Å². The molecule has 0 aromatic rings. The fourth-order valence-electron chi connectivity index (χ4n) is 4.79. The zero-order valence-electron chi connectivity index (χ0n) is 23.8. The second kappa shape index (κ2) is 11.3. The molecule has 0 heterocycles. The molecule has 0 fully saturated rings. The Kier molecular flexibility index (Phi) is 10.9. The van der Waals surface area contributed by atoms with Gasteiger partial charge in [0.25, 0.3) is 0 Å². The molecule has 0 amide bonds. The lowest BCUT2D eigenvalue weighted by atomic mass is 9.47. The summed E-state index contributed by atoms with van der Waals surface area (Å²) >= 11 is 0. The molecule has 0 aliphatic heterocycles. The van der Waals surface area contributed by atoms with Gasteiger partial charge in [-0.05, 0) is 48.3 Å². The second-order valence-electron chi connectivity index (χ2n) is 13.6. The van der Waals surface area contributed by atoms with Crippen molar-refractivity contribution in [2.24, 2.45) is 32.5 Å². The topological polar surface area (TPSA) is 113 Å². The van der Waals surface area contributed by atoms with Crippen LogP contribution in [0.5, 0.6) is 0 Å². The Morgan fingerprint density at radius 3 is 1.59 bits per heavy atom. The van der Waals surface area contributed by atoms with Crippen LogP contribution < -0.4 is 0 Å². The summed E-state index contributed by atoms with van der Waals surface area (Å²) in [6, 6.07) is 0. The van der Waals surface area contributed by atoms with Crippen molar-refractivity contribution in [3.63, 3.8) is 0 Å². The first-order chi connectivity index (χ1) is 15.0. The fourth-order valence-corrected chi connectivity index (χ4v) is 4.79. The van der Waals surface area contributed by atoms with Gasteiger partial charge in [0.15, 0.2) is 0 Å². The van der Waals surface area contributed by atoms with Gasteiger partial charge < -0.3 is 24.8 Å². The number of rotatable bonds is 12. The van der Waals surface area contributed by atoms with Crippen LogP contribution in [0.1, 0.15) is 95.9 Å². The number of carbonyl (C=O) groups is 2. The maximum Gasteiger partial charge on any atom is 0.312 e. The van der Waals surface area contributed by atoms with E-state index in [0.717, 1.165) is 0 Å². The Balaban J connectivity index is 6.45. The standard InChI is InChI=1S/C27H52O7/c1-22(2,3)17-27(12,21(32)33-14-13-28)25(9,10)24(7,8)18-26(11,23(4,5)6)20(31)34-16-19(30)15-29/h19,28-30H,13-18H2,1-12H3. The van der Waals surface area contributed by atoms with Gasteiger partial charge in [-0.15, -0.1) is 0 Å². The lowest BCUT2D eigenvalue weighted by molar-refractivity contribution is -0.183. The average molecular weight is 489 g/mol. The summed E-state index contributed by atoms with van der Waals surface area (Å²) in [6.45, 7) is 23.1. The Hall–Kier alpha value is -1.18. The molecule has 0 saturated carbocycles. The van der Waals surface area contributed by atoms with Crippen LogP contribution in [0.15, 0.2) is 0 Å². The molecule has 7 heteroatoms. The number of aliphatic hydroxyl groups is 3. The first-order valence-electron chi connectivity index (χ1n) is 12.3. The largest absolute Gasteiger partial charge is 0.463 e. The van der Waals surface area contributed by atoms with E-state index in [1.165, 1.54) is 0 Å². The van der Waals surface area contributed by atoms with Crippen molar-refractivity contribution >= 4 is 11.9 Å². The monoisotopic (exact) mass is 488 g/mol. The zero-order valence-corrected chi connectivity index (χ0v) is 23.8. The van der Waals surface area contributed by atoms with Gasteiger partial charge in [0, 0.05) is 0 Å². The third kappa shape index (κ3) is 7.41. The van der Waals surface area contributed by atoms with E-state index < -0.39 is 45.8 Å². The average Bonchev–Trinajstić information content (AvgIpc) is 2.66. The lowest BCUT2D eigenvalue weighted by Gasteiger charge is -2.56. The van der Waals surface area contributed by atoms with Crippen LogP contribution in [-0.2, 0) is 19.1 Å². The molecule has 0 saturated heterocycles. The van der Waals surface area contributed by atoms with E-state index >= 15 is 0 Å². The van der Waals surface area contributed by atoms with Crippen LogP contribution in [0.25, 0.3) is 0 Å². The SMILES string of the molecule is CC(C)(C)CC(C)(C(=O)OCCO)C(C)(C)C(C)(C)CC(C)(C(=O)OCC(O)CO)C(C)(C)C. The molecule has 0 aromatic carbocycles. The normalized spacial score (nSPS) is 18.0. The molecule has 202 valence electrons. The summed E-state index contributed by atoms with van der Waals surface area (Å²) in [5.74, 6) is -0.808. The van der Waals surface area contributed by atoms with Crippen LogP contribution >= 0.6 is 0 Å². The molecule has 0 aliphatic carbocycles.